The smallest absolute Gasteiger partial charge is 0.417 e. The second kappa shape index (κ2) is 9.62. The number of carbonyl (C=O) groups excluding carboxylic acids is 1. The van der Waals surface area contributed by atoms with Crippen LogP contribution >= 0.6 is 0 Å². The highest BCUT2D eigenvalue weighted by atomic mass is 19.4. The molecular formula is C24H20F3N3O4. The number of nitrogens with one attached hydrogen (secondary N) is 1. The summed E-state index contributed by atoms with van der Waals surface area (Å²) < 4.78 is 46.7. The van der Waals surface area contributed by atoms with E-state index in [2.05, 4.69) is 15.3 Å². The molecule has 0 radical (unpaired) electrons. The Kier molecular flexibility index (Phi) is 6.62. The summed E-state index contributed by atoms with van der Waals surface area (Å²) in [4.78, 5) is 21.2. The minimum atomic E-state index is -4.69. The molecule has 1 atom stereocenters. The number of fused-ring (bicyclic) bond motifs is 1. The second-order valence-corrected chi connectivity index (χ2v) is 7.57. The molecule has 0 saturated carbocycles. The summed E-state index contributed by atoms with van der Waals surface area (Å²) in [6.45, 7) is -0.927. The van der Waals surface area contributed by atoms with E-state index < -0.39 is 30.4 Å². The van der Waals surface area contributed by atoms with Crippen LogP contribution in [0.4, 0.5) is 24.7 Å². The van der Waals surface area contributed by atoms with Crippen molar-refractivity contribution in [1.29, 1.82) is 0 Å². The molecule has 3 N–H and O–H groups in total. The molecule has 0 fully saturated rings. The van der Waals surface area contributed by atoms with Crippen molar-refractivity contribution >= 4 is 23.1 Å². The van der Waals surface area contributed by atoms with Gasteiger partial charge in [0, 0.05) is 18.2 Å². The number of aliphatic hydroxyl groups excluding tert-OH is 2. The molecule has 0 bridgehead atoms. The summed E-state index contributed by atoms with van der Waals surface area (Å²) in [5.74, 6) is -0.230. The van der Waals surface area contributed by atoms with Gasteiger partial charge in [0.1, 0.15) is 24.3 Å². The number of hydrogen-bond donors (Lipinski definition) is 3. The molecule has 3 aromatic rings. The molecule has 0 aliphatic carbocycles. The van der Waals surface area contributed by atoms with Gasteiger partial charge in [-0.15, -0.1) is 0 Å². The lowest BCUT2D eigenvalue weighted by atomic mass is 9.98. The summed E-state index contributed by atoms with van der Waals surface area (Å²) in [5.41, 5.74) is 0.255. The normalized spacial score (nSPS) is 13.7. The summed E-state index contributed by atoms with van der Waals surface area (Å²) in [7, 11) is 0. The number of anilines is 1. The zero-order valence-electron chi connectivity index (χ0n) is 17.7. The van der Waals surface area contributed by atoms with Crippen LogP contribution in [0, 0.1) is 0 Å². The molecule has 34 heavy (non-hydrogen) atoms. The van der Waals surface area contributed by atoms with Gasteiger partial charge in [0.2, 0.25) is 0 Å². The third kappa shape index (κ3) is 5.08. The van der Waals surface area contributed by atoms with Crippen LogP contribution in [0.1, 0.15) is 27.0 Å². The number of pyridine rings is 1. The quantitative estimate of drug-likeness (QED) is 0.487. The van der Waals surface area contributed by atoms with Gasteiger partial charge >= 0.3 is 6.18 Å². The fourth-order valence-corrected chi connectivity index (χ4v) is 3.52. The number of aliphatic hydroxyl groups is 2. The Bertz CT molecular complexity index is 1230. The lowest BCUT2D eigenvalue weighted by molar-refractivity contribution is -0.137. The van der Waals surface area contributed by atoms with E-state index in [-0.39, 0.29) is 35.6 Å². The predicted molar refractivity (Wildman–Crippen MR) is 119 cm³/mol. The van der Waals surface area contributed by atoms with Crippen LogP contribution in [0.15, 0.2) is 65.8 Å². The highest BCUT2D eigenvalue weighted by molar-refractivity contribution is 6.13. The number of carbonyl (C=O) groups is 1. The van der Waals surface area contributed by atoms with Crippen molar-refractivity contribution in [2.75, 3.05) is 18.5 Å². The number of rotatable bonds is 7. The maximum atomic E-state index is 13.9. The highest BCUT2D eigenvalue weighted by Gasteiger charge is 2.36. The number of halogens is 3. The maximum absolute atomic E-state index is 13.9. The Morgan fingerprint density at radius 3 is 2.68 bits per heavy atom. The van der Waals surface area contributed by atoms with Crippen LogP contribution in [0.3, 0.4) is 0 Å². The van der Waals surface area contributed by atoms with Gasteiger partial charge in [0.15, 0.2) is 0 Å². The van der Waals surface area contributed by atoms with Gasteiger partial charge in [-0.1, -0.05) is 18.2 Å². The lowest BCUT2D eigenvalue weighted by Crippen LogP contribution is -2.21. The fraction of sp³-hybridized carbons (Fsp3) is 0.208. The van der Waals surface area contributed by atoms with E-state index in [1.54, 1.807) is 36.4 Å². The predicted octanol–water partition coefficient (Wildman–Crippen LogP) is 3.76. The van der Waals surface area contributed by atoms with Crippen LogP contribution in [-0.4, -0.2) is 46.1 Å². The van der Waals surface area contributed by atoms with Crippen LogP contribution in [-0.2, 0) is 12.6 Å². The number of hydrogen-bond acceptors (Lipinski definition) is 6. The zero-order valence-corrected chi connectivity index (χ0v) is 17.7. The number of ether oxygens (including phenoxy) is 1. The first-order valence-corrected chi connectivity index (χ1v) is 10.3. The van der Waals surface area contributed by atoms with E-state index in [1.165, 1.54) is 18.3 Å². The van der Waals surface area contributed by atoms with E-state index in [0.29, 0.717) is 17.1 Å². The molecule has 0 unspecified atom stereocenters. The van der Waals surface area contributed by atoms with Crippen molar-refractivity contribution in [3.63, 3.8) is 0 Å². The number of amides is 1. The van der Waals surface area contributed by atoms with Crippen molar-refractivity contribution in [3.8, 4) is 5.75 Å². The summed E-state index contributed by atoms with van der Waals surface area (Å²) >= 11 is 0. The van der Waals surface area contributed by atoms with Gasteiger partial charge in [-0.25, -0.2) is 4.98 Å². The molecule has 7 nitrogen and oxygen atoms in total. The Morgan fingerprint density at radius 1 is 1.15 bits per heavy atom. The minimum absolute atomic E-state index is 0.102. The number of para-hydroxylation sites is 1. The Balaban J connectivity index is 1.65. The van der Waals surface area contributed by atoms with Crippen LogP contribution in [0.5, 0.6) is 5.75 Å². The van der Waals surface area contributed by atoms with Crippen LogP contribution < -0.4 is 10.1 Å². The summed E-state index contributed by atoms with van der Waals surface area (Å²) in [5, 5.41) is 20.9. The van der Waals surface area contributed by atoms with Gasteiger partial charge < -0.3 is 20.3 Å². The van der Waals surface area contributed by atoms with Crippen LogP contribution in [0.25, 0.3) is 0 Å². The van der Waals surface area contributed by atoms with Gasteiger partial charge in [-0.3, -0.25) is 9.79 Å². The van der Waals surface area contributed by atoms with E-state index >= 15 is 0 Å². The molecule has 1 amide bonds. The van der Waals surface area contributed by atoms with E-state index in [0.717, 1.165) is 6.07 Å². The van der Waals surface area contributed by atoms with Crippen molar-refractivity contribution in [2.24, 2.45) is 4.99 Å². The molecule has 0 spiro atoms. The minimum Gasteiger partial charge on any atom is -0.491 e. The molecule has 2 aromatic carbocycles. The average Bonchev–Trinajstić information content (AvgIpc) is 3.26. The highest BCUT2D eigenvalue weighted by Crippen LogP contribution is 2.39. The second-order valence-electron chi connectivity index (χ2n) is 7.57. The Labute approximate surface area is 192 Å². The monoisotopic (exact) mass is 471 g/mol. The van der Waals surface area contributed by atoms with Crippen molar-refractivity contribution in [2.45, 2.75) is 18.7 Å². The lowest BCUT2D eigenvalue weighted by Gasteiger charge is -2.16. The topological polar surface area (TPSA) is 104 Å². The van der Waals surface area contributed by atoms with Gasteiger partial charge in [-0.05, 0) is 42.0 Å². The maximum Gasteiger partial charge on any atom is 0.417 e. The molecule has 1 aliphatic heterocycles. The van der Waals surface area contributed by atoms with Crippen molar-refractivity contribution in [3.05, 3.63) is 83.0 Å². The summed E-state index contributed by atoms with van der Waals surface area (Å²) in [6.07, 6.45) is -4.26. The molecular weight excluding hydrogens is 451 g/mol. The van der Waals surface area contributed by atoms with Crippen molar-refractivity contribution in [1.82, 2.24) is 4.98 Å². The number of benzene rings is 2. The van der Waals surface area contributed by atoms with Gasteiger partial charge in [0.05, 0.1) is 29.1 Å². The fourth-order valence-electron chi connectivity index (χ4n) is 3.52. The standard InChI is InChI=1S/C24H20F3N3O4/c25-24(26,27)19-11-16(34-13-15(32)12-31)7-8-17(19)20-10-14-4-3-5-18(22(14)29-20)23(33)30-21-6-1-2-9-28-21/h1-9,11,15,31-32H,10,12-13H2,(H,28,30,33)/t15-/m1/s1. The number of nitrogens with zero attached hydrogens (tertiary/aromatic N) is 2. The number of aromatic nitrogens is 1. The van der Waals surface area contributed by atoms with Gasteiger partial charge in [0.25, 0.3) is 5.91 Å². The van der Waals surface area contributed by atoms with E-state index in [9.17, 15) is 23.1 Å². The largest absolute Gasteiger partial charge is 0.491 e. The number of aliphatic imine (C=N–C) groups is 1. The molecule has 1 aromatic heterocycles. The van der Waals surface area contributed by atoms with Crippen LogP contribution in [0.2, 0.25) is 0 Å². The molecule has 10 heteroatoms. The molecule has 0 saturated heterocycles. The Hall–Kier alpha value is -3.76. The Morgan fingerprint density at radius 2 is 1.97 bits per heavy atom. The first-order valence-electron chi connectivity index (χ1n) is 10.3. The third-order valence-electron chi connectivity index (χ3n) is 5.14. The summed E-state index contributed by atoms with van der Waals surface area (Å²) in [6, 6.07) is 13.4. The van der Waals surface area contributed by atoms with E-state index in [1.807, 2.05) is 0 Å². The average molecular weight is 471 g/mol. The van der Waals surface area contributed by atoms with E-state index in [4.69, 9.17) is 9.84 Å². The van der Waals surface area contributed by atoms with Crippen molar-refractivity contribution < 1.29 is 32.9 Å². The molecule has 1 aliphatic rings. The molecule has 176 valence electrons. The zero-order chi connectivity index (χ0) is 24.3. The van der Waals surface area contributed by atoms with Gasteiger partial charge in [-0.2, -0.15) is 13.2 Å². The molecule has 4 rings (SSSR count). The first-order chi connectivity index (χ1) is 16.3. The third-order valence-corrected chi connectivity index (χ3v) is 5.14. The number of alkyl halides is 3. The first kappa shape index (κ1) is 23.4. The molecule has 2 heterocycles. The SMILES string of the molecule is O=C(Nc1ccccn1)c1cccc2c1N=C(c1ccc(OC[C@H](O)CO)cc1C(F)(F)F)C2.